The molecule has 1 N–H and O–H groups in total. The fraction of sp³-hybridized carbons (Fsp3) is 0.412. The maximum absolute atomic E-state index is 3.49. The fourth-order valence-electron chi connectivity index (χ4n) is 2.93. The van der Waals surface area contributed by atoms with E-state index in [9.17, 15) is 0 Å². The third-order valence-electron chi connectivity index (χ3n) is 4.14. The number of rotatable bonds is 4. The van der Waals surface area contributed by atoms with Crippen molar-refractivity contribution in [3.05, 3.63) is 56.8 Å². The van der Waals surface area contributed by atoms with Gasteiger partial charge in [-0.3, -0.25) is 0 Å². The molecule has 0 aliphatic heterocycles. The van der Waals surface area contributed by atoms with E-state index in [0.29, 0.717) is 6.04 Å². The average Bonchev–Trinajstić information content (AvgIpc) is 2.98. The van der Waals surface area contributed by atoms with Crippen LogP contribution in [-0.4, -0.2) is 7.05 Å². The monoisotopic (exact) mass is 271 g/mol. The molecule has 2 heteroatoms. The summed E-state index contributed by atoms with van der Waals surface area (Å²) in [6.45, 7) is 2.20. The molecule has 1 nitrogen and oxygen atoms in total. The van der Waals surface area contributed by atoms with Crippen molar-refractivity contribution in [2.24, 2.45) is 0 Å². The molecule has 1 aromatic carbocycles. The van der Waals surface area contributed by atoms with Crippen molar-refractivity contribution in [3.63, 3.8) is 0 Å². The largest absolute Gasteiger partial charge is 0.312 e. The van der Waals surface area contributed by atoms with Crippen LogP contribution in [0.1, 0.15) is 38.9 Å². The lowest BCUT2D eigenvalue weighted by Gasteiger charge is -2.16. The maximum Gasteiger partial charge on any atom is 0.0453 e. The number of nitrogens with one attached hydrogen (secondary N) is 1. The zero-order valence-corrected chi connectivity index (χ0v) is 12.5. The van der Waals surface area contributed by atoms with Crippen LogP contribution in [0.2, 0.25) is 0 Å². The summed E-state index contributed by atoms with van der Waals surface area (Å²) in [5, 5.41) is 3.49. The Kier molecular flexibility index (Phi) is 3.72. The average molecular weight is 271 g/mol. The van der Waals surface area contributed by atoms with Crippen molar-refractivity contribution in [2.75, 3.05) is 7.05 Å². The van der Waals surface area contributed by atoms with E-state index in [1.807, 2.05) is 11.3 Å². The first-order valence-electron chi connectivity index (χ1n) is 7.11. The van der Waals surface area contributed by atoms with Gasteiger partial charge in [0.2, 0.25) is 0 Å². The van der Waals surface area contributed by atoms with Crippen molar-refractivity contribution < 1.29 is 0 Å². The number of hydrogen-bond acceptors (Lipinski definition) is 2. The van der Waals surface area contributed by atoms with E-state index in [0.717, 1.165) is 6.42 Å². The lowest BCUT2D eigenvalue weighted by Crippen LogP contribution is -2.18. The second-order valence-corrected chi connectivity index (χ2v) is 6.59. The minimum Gasteiger partial charge on any atom is -0.312 e. The van der Waals surface area contributed by atoms with Gasteiger partial charge in [0, 0.05) is 15.8 Å². The molecule has 3 rings (SSSR count). The van der Waals surface area contributed by atoms with Crippen molar-refractivity contribution in [2.45, 2.75) is 38.6 Å². The van der Waals surface area contributed by atoms with Gasteiger partial charge < -0.3 is 5.32 Å². The quantitative estimate of drug-likeness (QED) is 0.884. The summed E-state index contributed by atoms with van der Waals surface area (Å²) in [4.78, 5) is 3.13. The zero-order chi connectivity index (χ0) is 13.2. The summed E-state index contributed by atoms with van der Waals surface area (Å²) in [6, 6.07) is 11.6. The van der Waals surface area contributed by atoms with Crippen LogP contribution in [0.4, 0.5) is 0 Å². The molecule has 0 bridgehead atoms. The van der Waals surface area contributed by atoms with Gasteiger partial charge in [-0.05, 0) is 62.4 Å². The first kappa shape index (κ1) is 12.9. The molecule has 0 amide bonds. The van der Waals surface area contributed by atoms with Gasteiger partial charge in [-0.25, -0.2) is 0 Å². The topological polar surface area (TPSA) is 12.0 Å². The number of fused-ring (bicyclic) bond motifs is 1. The van der Waals surface area contributed by atoms with Crippen LogP contribution >= 0.6 is 11.3 Å². The molecule has 1 unspecified atom stereocenters. The van der Waals surface area contributed by atoms with E-state index in [2.05, 4.69) is 49.6 Å². The highest BCUT2D eigenvalue weighted by Gasteiger charge is 2.19. The molecule has 1 atom stereocenters. The number of hydrogen-bond donors (Lipinski definition) is 1. The number of aryl methyl sites for hydroxylation is 3. The Balaban J connectivity index is 1.82. The SMILES string of the molecule is CNC(Cc1ccccc1C)c1cc2c(s1)CCC2. The Bertz CT molecular complexity index is 549. The van der Waals surface area contributed by atoms with Gasteiger partial charge in [0.1, 0.15) is 0 Å². The molecule has 0 spiro atoms. The summed E-state index contributed by atoms with van der Waals surface area (Å²) >= 11 is 2.02. The first-order valence-corrected chi connectivity index (χ1v) is 7.93. The maximum atomic E-state index is 3.49. The van der Waals surface area contributed by atoms with Crippen molar-refractivity contribution >= 4 is 11.3 Å². The normalized spacial score (nSPS) is 15.5. The first-order chi connectivity index (χ1) is 9.28. The number of likely N-dealkylation sites (N-methyl/N-ethyl adjacent to an activating group) is 1. The van der Waals surface area contributed by atoms with E-state index in [-0.39, 0.29) is 0 Å². The van der Waals surface area contributed by atoms with Crippen molar-refractivity contribution in [1.29, 1.82) is 0 Å². The lowest BCUT2D eigenvalue weighted by atomic mass is 10.00. The summed E-state index contributed by atoms with van der Waals surface area (Å²) in [7, 11) is 2.08. The minimum absolute atomic E-state index is 0.455. The van der Waals surface area contributed by atoms with Gasteiger partial charge in [-0.1, -0.05) is 24.3 Å². The third-order valence-corrected chi connectivity index (χ3v) is 5.49. The van der Waals surface area contributed by atoms with Gasteiger partial charge in [-0.2, -0.15) is 0 Å². The molecule has 1 aliphatic rings. The molecule has 0 saturated carbocycles. The Labute approximate surface area is 119 Å². The second-order valence-electron chi connectivity index (χ2n) is 5.42. The van der Waals surface area contributed by atoms with E-state index < -0.39 is 0 Å². The highest BCUT2D eigenvalue weighted by Crippen LogP contribution is 2.34. The third kappa shape index (κ3) is 2.60. The molecule has 2 aromatic rings. The zero-order valence-electron chi connectivity index (χ0n) is 11.7. The van der Waals surface area contributed by atoms with Crippen molar-refractivity contribution in [1.82, 2.24) is 5.32 Å². The number of thiophene rings is 1. The molecule has 100 valence electrons. The van der Waals surface area contributed by atoms with E-state index >= 15 is 0 Å². The summed E-state index contributed by atoms with van der Waals surface area (Å²) in [5.41, 5.74) is 4.45. The molecular weight excluding hydrogens is 250 g/mol. The minimum atomic E-state index is 0.455. The van der Waals surface area contributed by atoms with Crippen LogP contribution in [-0.2, 0) is 19.3 Å². The van der Waals surface area contributed by atoms with Crippen molar-refractivity contribution in [3.8, 4) is 0 Å². The van der Waals surface area contributed by atoms with Crippen LogP contribution in [0.15, 0.2) is 30.3 Å². The van der Waals surface area contributed by atoms with Crippen LogP contribution < -0.4 is 5.32 Å². The van der Waals surface area contributed by atoms with Gasteiger partial charge in [-0.15, -0.1) is 11.3 Å². The molecular formula is C17H21NS. The van der Waals surface area contributed by atoms with Crippen LogP contribution in [0.5, 0.6) is 0 Å². The molecule has 1 heterocycles. The molecule has 1 aliphatic carbocycles. The summed E-state index contributed by atoms with van der Waals surface area (Å²) in [5.74, 6) is 0. The predicted molar refractivity (Wildman–Crippen MR) is 83.0 cm³/mol. The summed E-state index contributed by atoms with van der Waals surface area (Å²) in [6.07, 6.45) is 5.01. The van der Waals surface area contributed by atoms with E-state index in [1.165, 1.54) is 35.3 Å². The summed E-state index contributed by atoms with van der Waals surface area (Å²) < 4.78 is 0. The Hall–Kier alpha value is -1.12. The van der Waals surface area contributed by atoms with Crippen LogP contribution in [0.3, 0.4) is 0 Å². The predicted octanol–water partition coefficient (Wildman–Crippen LogP) is 4.05. The van der Waals surface area contributed by atoms with E-state index in [1.54, 1.807) is 10.4 Å². The molecule has 1 aromatic heterocycles. The van der Waals surface area contributed by atoms with Gasteiger partial charge in [0.25, 0.3) is 0 Å². The van der Waals surface area contributed by atoms with Crippen LogP contribution in [0, 0.1) is 6.92 Å². The highest BCUT2D eigenvalue weighted by molar-refractivity contribution is 7.12. The molecule has 0 saturated heterocycles. The molecule has 0 fully saturated rings. The lowest BCUT2D eigenvalue weighted by molar-refractivity contribution is 0.600. The fourth-order valence-corrected chi connectivity index (χ4v) is 4.30. The van der Waals surface area contributed by atoms with E-state index in [4.69, 9.17) is 0 Å². The Morgan fingerprint density at radius 1 is 1.26 bits per heavy atom. The van der Waals surface area contributed by atoms with Gasteiger partial charge >= 0.3 is 0 Å². The molecule has 0 radical (unpaired) electrons. The van der Waals surface area contributed by atoms with Crippen LogP contribution in [0.25, 0.3) is 0 Å². The Morgan fingerprint density at radius 3 is 2.84 bits per heavy atom. The highest BCUT2D eigenvalue weighted by atomic mass is 32.1. The second kappa shape index (κ2) is 5.48. The standard InChI is InChI=1S/C17H21NS/c1-12-6-3-4-7-13(12)10-15(18-2)17-11-14-8-5-9-16(14)19-17/h3-4,6-7,11,15,18H,5,8-10H2,1-2H3. The number of benzene rings is 1. The van der Waals surface area contributed by atoms with Gasteiger partial charge in [0.05, 0.1) is 0 Å². The smallest absolute Gasteiger partial charge is 0.0453 e. The molecule has 19 heavy (non-hydrogen) atoms. The van der Waals surface area contributed by atoms with Gasteiger partial charge in [0.15, 0.2) is 0 Å². The Morgan fingerprint density at radius 2 is 2.11 bits per heavy atom.